The Labute approximate surface area is 180 Å². The van der Waals surface area contributed by atoms with Crippen molar-refractivity contribution in [1.29, 1.82) is 0 Å². The van der Waals surface area contributed by atoms with Gasteiger partial charge in [-0.3, -0.25) is 0 Å². The molecular weight excluding hydrogens is 356 g/mol. The predicted octanol–water partition coefficient (Wildman–Crippen LogP) is 8.21. The van der Waals surface area contributed by atoms with Gasteiger partial charge in [0, 0.05) is 6.42 Å². The molecule has 1 heteroatoms. The van der Waals surface area contributed by atoms with Crippen LogP contribution >= 0.6 is 12.2 Å². The van der Waals surface area contributed by atoms with Crippen LogP contribution in [0.1, 0.15) is 98.8 Å². The van der Waals surface area contributed by atoms with E-state index in [0.29, 0.717) is 10.8 Å². The van der Waals surface area contributed by atoms with E-state index >= 15 is 0 Å². The Morgan fingerprint density at radius 1 is 1.07 bits per heavy atom. The van der Waals surface area contributed by atoms with E-state index in [1.165, 1.54) is 56.2 Å². The molecule has 7 atom stereocenters. The summed E-state index contributed by atoms with van der Waals surface area (Å²) < 4.78 is 0. The summed E-state index contributed by atoms with van der Waals surface area (Å²) >= 11 is 5.68. The standard InChI is InChI=1S/C27H43S/c1-18(2)7-6-8-19(3)23-13-14-24-22-12-10-20-9-11-21(28)17-27(20,5)25(22)15-16-26(23,24)4/h10-11,18-19,22-25H,6-9,12-17H2,1-5H3/t19-,22+,23-,24+,25+,26-,27+/m1/s1. The molecule has 0 N–H and O–H groups in total. The second-order valence-electron chi connectivity index (χ2n) is 11.8. The quantitative estimate of drug-likeness (QED) is 0.331. The first-order valence-electron chi connectivity index (χ1n) is 12.3. The first-order valence-corrected chi connectivity index (χ1v) is 12.7. The highest BCUT2D eigenvalue weighted by molar-refractivity contribution is 7.80. The minimum absolute atomic E-state index is 0.372. The SMILES string of the molecule is CC(C)CCC[C@@H](C)[C@H]1CC[C@H]2[C@@H]3CC=C4C[CH]C(=S)C[C@]4(C)[C@H]3CC[C@]12C. The van der Waals surface area contributed by atoms with Crippen LogP contribution in [0.5, 0.6) is 0 Å². The van der Waals surface area contributed by atoms with Crippen molar-refractivity contribution in [1.82, 2.24) is 0 Å². The van der Waals surface area contributed by atoms with E-state index in [0.717, 1.165) is 48.3 Å². The van der Waals surface area contributed by atoms with Gasteiger partial charge in [0.1, 0.15) is 0 Å². The lowest BCUT2D eigenvalue weighted by Crippen LogP contribution is -2.50. The molecule has 0 spiro atoms. The van der Waals surface area contributed by atoms with E-state index in [-0.39, 0.29) is 0 Å². The van der Waals surface area contributed by atoms with Gasteiger partial charge in [-0.2, -0.15) is 0 Å². The van der Waals surface area contributed by atoms with E-state index in [1.54, 1.807) is 5.57 Å². The molecule has 0 aromatic rings. The molecule has 0 bridgehead atoms. The number of allylic oxidation sites excluding steroid dienone is 2. The van der Waals surface area contributed by atoms with Crippen molar-refractivity contribution in [3.63, 3.8) is 0 Å². The Morgan fingerprint density at radius 3 is 2.61 bits per heavy atom. The highest BCUT2D eigenvalue weighted by Crippen LogP contribution is 2.67. The van der Waals surface area contributed by atoms with Gasteiger partial charge in [0.15, 0.2) is 0 Å². The van der Waals surface area contributed by atoms with Gasteiger partial charge in [-0.25, -0.2) is 0 Å². The molecule has 4 aliphatic carbocycles. The van der Waals surface area contributed by atoms with Crippen LogP contribution in [-0.2, 0) is 0 Å². The molecule has 0 aliphatic heterocycles. The van der Waals surface area contributed by atoms with Crippen molar-refractivity contribution in [3.05, 3.63) is 18.1 Å². The van der Waals surface area contributed by atoms with Crippen LogP contribution in [0.4, 0.5) is 0 Å². The molecule has 28 heavy (non-hydrogen) atoms. The normalized spacial score (nSPS) is 43.9. The fourth-order valence-electron chi connectivity index (χ4n) is 8.40. The number of hydrogen-bond acceptors (Lipinski definition) is 1. The lowest BCUT2D eigenvalue weighted by atomic mass is 9.47. The summed E-state index contributed by atoms with van der Waals surface area (Å²) in [6, 6.07) is 0. The topological polar surface area (TPSA) is 0 Å². The van der Waals surface area contributed by atoms with Crippen LogP contribution in [-0.4, -0.2) is 4.86 Å². The number of thiocarbonyl (C=S) groups is 1. The van der Waals surface area contributed by atoms with E-state index in [1.807, 2.05) is 0 Å². The van der Waals surface area contributed by atoms with Crippen molar-refractivity contribution in [3.8, 4) is 0 Å². The first-order chi connectivity index (χ1) is 13.3. The van der Waals surface area contributed by atoms with Crippen LogP contribution in [0.2, 0.25) is 0 Å². The summed E-state index contributed by atoms with van der Waals surface area (Å²) in [4.78, 5) is 1.23. The van der Waals surface area contributed by atoms with Crippen LogP contribution in [0.3, 0.4) is 0 Å². The Hall–Kier alpha value is -0.170. The second kappa shape index (κ2) is 7.82. The van der Waals surface area contributed by atoms with Crippen molar-refractivity contribution < 1.29 is 0 Å². The molecule has 0 nitrogen and oxygen atoms in total. The van der Waals surface area contributed by atoms with E-state index in [4.69, 9.17) is 12.2 Å². The Bertz CT molecular complexity index is 630. The maximum absolute atomic E-state index is 5.68. The highest BCUT2D eigenvalue weighted by atomic mass is 32.1. The summed E-state index contributed by atoms with van der Waals surface area (Å²) in [5, 5.41) is 0. The van der Waals surface area contributed by atoms with Gasteiger partial charge < -0.3 is 0 Å². The summed E-state index contributed by atoms with van der Waals surface area (Å²) in [7, 11) is 0. The van der Waals surface area contributed by atoms with Crippen LogP contribution < -0.4 is 0 Å². The summed E-state index contributed by atoms with van der Waals surface area (Å²) in [5.41, 5.74) is 2.70. The smallest absolute Gasteiger partial charge is 0.00165 e. The van der Waals surface area contributed by atoms with E-state index < -0.39 is 0 Å². The van der Waals surface area contributed by atoms with Gasteiger partial charge in [0.2, 0.25) is 0 Å². The molecule has 0 aromatic carbocycles. The zero-order valence-corrected chi connectivity index (χ0v) is 19.9. The Kier molecular flexibility index (Phi) is 5.89. The van der Waals surface area contributed by atoms with Crippen LogP contribution in [0.15, 0.2) is 11.6 Å². The van der Waals surface area contributed by atoms with Crippen molar-refractivity contribution >= 4 is 17.1 Å². The summed E-state index contributed by atoms with van der Waals surface area (Å²) in [6.07, 6.45) is 18.8. The lowest BCUT2D eigenvalue weighted by Gasteiger charge is -2.58. The molecule has 157 valence electrons. The number of hydrogen-bond donors (Lipinski definition) is 0. The highest BCUT2D eigenvalue weighted by Gasteiger charge is 2.58. The zero-order valence-electron chi connectivity index (χ0n) is 19.1. The predicted molar refractivity (Wildman–Crippen MR) is 125 cm³/mol. The molecule has 0 amide bonds. The van der Waals surface area contributed by atoms with Crippen molar-refractivity contribution in [2.75, 3.05) is 0 Å². The molecule has 3 saturated carbocycles. The van der Waals surface area contributed by atoms with Crippen molar-refractivity contribution in [2.45, 2.75) is 98.8 Å². The van der Waals surface area contributed by atoms with Gasteiger partial charge in [0.05, 0.1) is 0 Å². The second-order valence-corrected chi connectivity index (χ2v) is 12.4. The Morgan fingerprint density at radius 2 is 1.86 bits per heavy atom. The largest absolute Gasteiger partial charge is 0.0893 e. The molecule has 1 radical (unpaired) electrons. The van der Waals surface area contributed by atoms with E-state index in [2.05, 4.69) is 47.1 Å². The fraction of sp³-hybridized carbons (Fsp3) is 0.852. The first kappa shape index (κ1) is 21.1. The monoisotopic (exact) mass is 399 g/mol. The van der Waals surface area contributed by atoms with Crippen LogP contribution in [0, 0.1) is 52.8 Å². The average molecular weight is 400 g/mol. The minimum Gasteiger partial charge on any atom is -0.0893 e. The molecule has 4 aliphatic rings. The van der Waals surface area contributed by atoms with Gasteiger partial charge >= 0.3 is 0 Å². The maximum Gasteiger partial charge on any atom is 0.00165 e. The molecule has 4 rings (SSSR count). The molecule has 0 aromatic heterocycles. The zero-order chi connectivity index (χ0) is 20.1. The third-order valence-corrected chi connectivity index (χ3v) is 10.2. The number of fused-ring (bicyclic) bond motifs is 5. The third-order valence-electron chi connectivity index (χ3n) is 9.92. The fourth-order valence-corrected chi connectivity index (χ4v) is 8.78. The maximum atomic E-state index is 5.68. The molecule has 0 heterocycles. The summed E-state index contributed by atoms with van der Waals surface area (Å²) in [6.45, 7) is 12.6. The lowest BCUT2D eigenvalue weighted by molar-refractivity contribution is -0.0431. The van der Waals surface area contributed by atoms with E-state index in [9.17, 15) is 0 Å². The Balaban J connectivity index is 1.50. The molecule has 3 fully saturated rings. The van der Waals surface area contributed by atoms with Gasteiger partial charge in [-0.15, -0.1) is 0 Å². The third kappa shape index (κ3) is 3.46. The summed E-state index contributed by atoms with van der Waals surface area (Å²) in [5.74, 6) is 5.49. The molecule has 0 saturated heterocycles. The number of rotatable bonds is 5. The van der Waals surface area contributed by atoms with Crippen LogP contribution in [0.25, 0.3) is 0 Å². The average Bonchev–Trinajstić information content (AvgIpc) is 2.98. The van der Waals surface area contributed by atoms with Crippen molar-refractivity contribution in [2.24, 2.45) is 46.3 Å². The van der Waals surface area contributed by atoms with Gasteiger partial charge in [-0.1, -0.05) is 77.7 Å². The minimum atomic E-state index is 0.372. The van der Waals surface area contributed by atoms with Gasteiger partial charge in [-0.05, 0) is 96.1 Å². The molecule has 0 unspecified atom stereocenters. The van der Waals surface area contributed by atoms with Gasteiger partial charge in [0.25, 0.3) is 0 Å². The molecular formula is C27H43S.